The zero-order valence-electron chi connectivity index (χ0n) is 5.70. The van der Waals surface area contributed by atoms with Crippen LogP contribution in [0.2, 0.25) is 0 Å². The first-order valence-corrected chi connectivity index (χ1v) is 4.43. The maximum Gasteiger partial charge on any atom is 0.259 e. The minimum atomic E-state index is 0.163. The van der Waals surface area contributed by atoms with Gasteiger partial charge in [0.05, 0.1) is 11.4 Å². The fourth-order valence-electron chi connectivity index (χ4n) is 1.51. The average molecular weight is 163 g/mol. The maximum absolute atomic E-state index is 11.4. The monoisotopic (exact) mass is 163 g/mol. The van der Waals surface area contributed by atoms with Crippen molar-refractivity contribution < 1.29 is 0 Å². The summed E-state index contributed by atoms with van der Waals surface area (Å²) in [6.07, 6.45) is 0. The molecule has 0 fully saturated rings. The highest BCUT2D eigenvalue weighted by molar-refractivity contribution is 7.98. The highest BCUT2D eigenvalue weighted by Gasteiger charge is 2.16. The van der Waals surface area contributed by atoms with Gasteiger partial charge in [0.25, 0.3) is 5.56 Å². The number of thioether (sulfide) groups is 1. The average Bonchev–Trinajstić information content (AvgIpc) is 2.39. The highest BCUT2D eigenvalue weighted by atomic mass is 32.2. The van der Waals surface area contributed by atoms with Gasteiger partial charge in [0.1, 0.15) is 0 Å². The number of pyridine rings is 2. The molecule has 1 aromatic carbocycles. The minimum Gasteiger partial charge on any atom is -0.297 e. The van der Waals surface area contributed by atoms with Gasteiger partial charge in [0.15, 0.2) is 0 Å². The van der Waals surface area contributed by atoms with Crippen molar-refractivity contribution in [1.29, 1.82) is 0 Å². The molecule has 4 bridgehead atoms. The Kier molecular flexibility index (Phi) is 0.829. The van der Waals surface area contributed by atoms with E-state index in [4.69, 9.17) is 0 Å². The van der Waals surface area contributed by atoms with E-state index in [1.165, 1.54) is 4.90 Å². The van der Waals surface area contributed by atoms with Crippen molar-refractivity contribution in [2.45, 2.75) is 10.8 Å². The third-order valence-electron chi connectivity index (χ3n) is 2.09. The fourth-order valence-corrected chi connectivity index (χ4v) is 2.57. The number of rotatable bonds is 0. The third kappa shape index (κ3) is 0.531. The molecule has 0 radical (unpaired) electrons. The smallest absolute Gasteiger partial charge is 0.259 e. The molecule has 0 spiro atoms. The molecule has 54 valence electrons. The van der Waals surface area contributed by atoms with Crippen LogP contribution in [0.1, 0.15) is 0 Å². The summed E-state index contributed by atoms with van der Waals surface area (Å²) in [5.74, 6) is 0.799. The Bertz CT molecular complexity index is 474. The van der Waals surface area contributed by atoms with Crippen LogP contribution in [0.15, 0.2) is 27.9 Å². The van der Waals surface area contributed by atoms with Crippen LogP contribution in [0.4, 0.5) is 0 Å². The molecule has 0 saturated heterocycles. The van der Waals surface area contributed by atoms with Gasteiger partial charge in [-0.25, -0.2) is 0 Å². The lowest BCUT2D eigenvalue weighted by Gasteiger charge is -2.01. The lowest BCUT2D eigenvalue weighted by Crippen LogP contribution is -2.17. The van der Waals surface area contributed by atoms with Gasteiger partial charge in [0, 0.05) is 10.3 Å². The first kappa shape index (κ1) is 5.66. The van der Waals surface area contributed by atoms with Crippen LogP contribution in [-0.4, -0.2) is 4.57 Å². The van der Waals surface area contributed by atoms with Crippen LogP contribution in [0.25, 0.3) is 10.9 Å². The number of nitrogens with zero attached hydrogens (tertiary/aromatic N) is 1. The second-order valence-electron chi connectivity index (χ2n) is 2.69. The molecule has 0 N–H and O–H groups in total. The van der Waals surface area contributed by atoms with E-state index in [9.17, 15) is 4.79 Å². The molecule has 0 aliphatic carbocycles. The van der Waals surface area contributed by atoms with Gasteiger partial charge in [0.2, 0.25) is 0 Å². The Hall–Kier alpha value is -0.960. The Morgan fingerprint density at radius 1 is 1.45 bits per heavy atom. The normalized spacial score (nSPS) is 14.9. The summed E-state index contributed by atoms with van der Waals surface area (Å²) in [5, 5.41) is 0.833. The van der Waals surface area contributed by atoms with Crippen LogP contribution in [0.5, 0.6) is 0 Å². The summed E-state index contributed by atoms with van der Waals surface area (Å²) < 4.78 is 1.83. The quantitative estimate of drug-likeness (QED) is 0.587. The Labute approximate surface area is 67.2 Å². The van der Waals surface area contributed by atoms with Gasteiger partial charge in [-0.15, -0.1) is 11.8 Å². The molecular formula is C8H5NOS. The zero-order valence-corrected chi connectivity index (χ0v) is 6.52. The van der Waals surface area contributed by atoms with Gasteiger partial charge in [-0.3, -0.25) is 9.36 Å². The van der Waals surface area contributed by atoms with Gasteiger partial charge >= 0.3 is 0 Å². The standard InChI is InChI=1S/C8H5NOS/c10-8-5-1-2-6-7(3-5)11-4-9(6)8/h1-3H,4H2. The minimum absolute atomic E-state index is 0.163. The van der Waals surface area contributed by atoms with E-state index in [0.717, 1.165) is 16.8 Å². The Morgan fingerprint density at radius 2 is 2.36 bits per heavy atom. The van der Waals surface area contributed by atoms with Crippen molar-refractivity contribution in [3.63, 3.8) is 0 Å². The van der Waals surface area contributed by atoms with E-state index in [1.807, 2.05) is 22.8 Å². The van der Waals surface area contributed by atoms with Crippen molar-refractivity contribution in [2.24, 2.45) is 0 Å². The van der Waals surface area contributed by atoms with Crippen LogP contribution in [-0.2, 0) is 5.88 Å². The Balaban J connectivity index is 2.75. The molecule has 4 rings (SSSR count). The van der Waals surface area contributed by atoms with Gasteiger partial charge in [-0.05, 0) is 18.2 Å². The molecule has 0 unspecified atom stereocenters. The van der Waals surface area contributed by atoms with Crippen molar-refractivity contribution >= 4 is 22.7 Å². The predicted molar refractivity (Wildman–Crippen MR) is 45.3 cm³/mol. The van der Waals surface area contributed by atoms with Gasteiger partial charge < -0.3 is 0 Å². The van der Waals surface area contributed by atoms with Crippen molar-refractivity contribution in [3.05, 3.63) is 28.6 Å². The van der Waals surface area contributed by atoms with Crippen LogP contribution >= 0.6 is 11.8 Å². The van der Waals surface area contributed by atoms with E-state index in [2.05, 4.69) is 0 Å². The number of hydrogen-bond donors (Lipinski definition) is 0. The van der Waals surface area contributed by atoms with E-state index >= 15 is 0 Å². The summed E-state index contributed by atoms with van der Waals surface area (Å²) in [5.41, 5.74) is 1.26. The number of fused-ring (bicyclic) bond motifs is 1. The van der Waals surface area contributed by atoms with Gasteiger partial charge in [-0.1, -0.05) is 0 Å². The van der Waals surface area contributed by atoms with Crippen LogP contribution in [0.3, 0.4) is 0 Å². The summed E-state index contributed by atoms with van der Waals surface area (Å²) in [4.78, 5) is 12.7. The number of hydrogen-bond acceptors (Lipinski definition) is 2. The van der Waals surface area contributed by atoms with Crippen molar-refractivity contribution in [3.8, 4) is 0 Å². The maximum atomic E-state index is 11.4. The van der Waals surface area contributed by atoms with E-state index in [-0.39, 0.29) is 5.56 Å². The molecule has 0 saturated carbocycles. The fraction of sp³-hybridized carbons (Fsp3) is 0.125. The SMILES string of the molecule is O=c1c2ccc3c(c2)SCn13. The highest BCUT2D eigenvalue weighted by Crippen LogP contribution is 2.33. The topological polar surface area (TPSA) is 22.0 Å². The van der Waals surface area contributed by atoms with Crippen LogP contribution < -0.4 is 5.56 Å². The predicted octanol–water partition coefficient (Wildman–Crippen LogP) is 1.50. The third-order valence-corrected chi connectivity index (χ3v) is 3.12. The number of benzene rings is 1. The second-order valence-corrected chi connectivity index (χ2v) is 3.68. The molecule has 0 amide bonds. The molecule has 1 aliphatic heterocycles. The van der Waals surface area contributed by atoms with Crippen molar-refractivity contribution in [1.82, 2.24) is 4.57 Å². The molecule has 2 nitrogen and oxygen atoms in total. The summed E-state index contributed by atoms with van der Waals surface area (Å²) in [6, 6.07) is 5.89. The summed E-state index contributed by atoms with van der Waals surface area (Å²) in [7, 11) is 0. The second kappa shape index (κ2) is 1.61. The first-order valence-electron chi connectivity index (χ1n) is 3.45. The lowest BCUT2D eigenvalue weighted by atomic mass is 10.2. The lowest BCUT2D eigenvalue weighted by molar-refractivity contribution is 0.896. The first-order chi connectivity index (χ1) is 5.36. The zero-order chi connectivity index (χ0) is 7.42. The van der Waals surface area contributed by atoms with Crippen molar-refractivity contribution in [2.75, 3.05) is 0 Å². The molecule has 3 aromatic rings. The summed E-state index contributed by atoms with van der Waals surface area (Å²) >= 11 is 1.74. The number of aromatic nitrogens is 1. The molecule has 2 aromatic heterocycles. The molecular weight excluding hydrogens is 158 g/mol. The molecule has 1 aliphatic rings. The molecule has 11 heavy (non-hydrogen) atoms. The Morgan fingerprint density at radius 3 is 3.18 bits per heavy atom. The molecule has 0 atom stereocenters. The van der Waals surface area contributed by atoms with E-state index in [0.29, 0.717) is 0 Å². The molecule has 3 heteroatoms. The molecule has 3 heterocycles. The van der Waals surface area contributed by atoms with Crippen LogP contribution in [0, 0.1) is 0 Å². The summed E-state index contributed by atoms with van der Waals surface area (Å²) in [6.45, 7) is 0. The van der Waals surface area contributed by atoms with Gasteiger partial charge in [-0.2, -0.15) is 0 Å². The van der Waals surface area contributed by atoms with E-state index < -0.39 is 0 Å². The van der Waals surface area contributed by atoms with E-state index in [1.54, 1.807) is 11.8 Å². The largest absolute Gasteiger partial charge is 0.297 e.